The van der Waals surface area contributed by atoms with Gasteiger partial charge in [-0.05, 0) is 25.5 Å². The lowest BCUT2D eigenvalue weighted by atomic mass is 9.81. The molecule has 0 spiro atoms. The van der Waals surface area contributed by atoms with E-state index < -0.39 is 23.1 Å². The second-order valence-corrected chi connectivity index (χ2v) is 9.14. The van der Waals surface area contributed by atoms with Crippen LogP contribution in [0.2, 0.25) is 5.02 Å². The zero-order valence-electron chi connectivity index (χ0n) is 20.6. The van der Waals surface area contributed by atoms with E-state index in [0.717, 1.165) is 0 Å². The summed E-state index contributed by atoms with van der Waals surface area (Å²) in [7, 11) is 0. The van der Waals surface area contributed by atoms with Crippen LogP contribution in [0.4, 0.5) is 14.5 Å². The molecule has 0 unspecified atom stereocenters. The van der Waals surface area contributed by atoms with E-state index in [1.54, 1.807) is 27.4 Å². The van der Waals surface area contributed by atoms with Gasteiger partial charge in [-0.1, -0.05) is 54.9 Å². The number of aryl methyl sites for hydroxylation is 2. The molecular weight excluding hydrogens is 512 g/mol. The summed E-state index contributed by atoms with van der Waals surface area (Å²) in [6.07, 6.45) is 5.06. The Hall–Kier alpha value is -4.08. The average molecular weight is 536 g/mol. The number of halogens is 3. The molecule has 0 saturated heterocycles. The van der Waals surface area contributed by atoms with Crippen LogP contribution in [0, 0.1) is 11.6 Å². The van der Waals surface area contributed by atoms with Crippen molar-refractivity contribution < 1.29 is 18.7 Å². The number of benzene rings is 2. The highest BCUT2D eigenvalue weighted by Gasteiger charge is 2.42. The molecule has 0 aliphatic heterocycles. The van der Waals surface area contributed by atoms with Crippen LogP contribution in [0.15, 0.2) is 73.2 Å². The fraction of sp³-hybridized carbons (Fsp3) is 0.179. The van der Waals surface area contributed by atoms with Gasteiger partial charge < -0.3 is 14.8 Å². The van der Waals surface area contributed by atoms with E-state index in [-0.39, 0.29) is 27.4 Å². The van der Waals surface area contributed by atoms with Crippen molar-refractivity contribution in [3.63, 3.8) is 0 Å². The SMILES string of the molecule is CCc1c(C(O)(c2ccccc2F)c2ccccc2F)nc2cc(Cl)c(C(=O)Nc3cnn(CC)c3)cn12. The van der Waals surface area contributed by atoms with Gasteiger partial charge in [0.05, 0.1) is 22.5 Å². The largest absolute Gasteiger partial charge is 0.374 e. The lowest BCUT2D eigenvalue weighted by Gasteiger charge is -2.29. The molecule has 2 N–H and O–H groups in total. The van der Waals surface area contributed by atoms with Crippen molar-refractivity contribution in [1.29, 1.82) is 0 Å². The van der Waals surface area contributed by atoms with Crippen molar-refractivity contribution in [3.8, 4) is 0 Å². The number of amides is 1. The normalized spacial score (nSPS) is 11.7. The smallest absolute Gasteiger partial charge is 0.258 e. The Morgan fingerprint density at radius 2 is 1.68 bits per heavy atom. The number of imidazole rings is 1. The van der Waals surface area contributed by atoms with Crippen molar-refractivity contribution in [1.82, 2.24) is 19.2 Å². The maximum Gasteiger partial charge on any atom is 0.258 e. The Morgan fingerprint density at radius 1 is 1.05 bits per heavy atom. The molecular formula is C28H24ClF2N5O2. The van der Waals surface area contributed by atoms with E-state index in [1.807, 2.05) is 13.8 Å². The monoisotopic (exact) mass is 535 g/mol. The van der Waals surface area contributed by atoms with Gasteiger partial charge in [0, 0.05) is 41.8 Å². The minimum atomic E-state index is -2.27. The number of hydrogen-bond donors (Lipinski definition) is 2. The topological polar surface area (TPSA) is 84.5 Å². The molecule has 38 heavy (non-hydrogen) atoms. The standard InChI is InChI=1S/C28H24ClF2N5O2/c1-3-24-26(28(38,19-9-5-7-11-22(19)30)20-10-6-8-12-23(20)31)34-25-13-21(29)18(16-36(24)25)27(37)33-17-14-32-35(4-2)15-17/h5-16,38H,3-4H2,1-2H3,(H,33,37). The van der Waals surface area contributed by atoms with E-state index in [0.29, 0.717) is 30.0 Å². The van der Waals surface area contributed by atoms with Gasteiger partial charge in [0.15, 0.2) is 5.60 Å². The molecule has 1 amide bonds. The van der Waals surface area contributed by atoms with Gasteiger partial charge in [-0.15, -0.1) is 0 Å². The van der Waals surface area contributed by atoms with E-state index >= 15 is 8.78 Å². The Morgan fingerprint density at radius 3 is 2.24 bits per heavy atom. The zero-order valence-corrected chi connectivity index (χ0v) is 21.4. The number of fused-ring (bicyclic) bond motifs is 1. The highest BCUT2D eigenvalue weighted by molar-refractivity contribution is 6.34. The Kier molecular flexibility index (Phi) is 6.73. The lowest BCUT2D eigenvalue weighted by molar-refractivity contribution is 0.102. The zero-order chi connectivity index (χ0) is 27.0. The maximum absolute atomic E-state index is 15.1. The van der Waals surface area contributed by atoms with E-state index in [2.05, 4.69) is 15.4 Å². The summed E-state index contributed by atoms with van der Waals surface area (Å²) >= 11 is 6.48. The first kappa shape index (κ1) is 25.6. The molecule has 0 atom stereocenters. The summed E-state index contributed by atoms with van der Waals surface area (Å²) in [6.45, 7) is 4.40. The highest BCUT2D eigenvalue weighted by atomic mass is 35.5. The van der Waals surface area contributed by atoms with Gasteiger partial charge in [-0.2, -0.15) is 5.10 Å². The predicted molar refractivity (Wildman–Crippen MR) is 140 cm³/mol. The molecule has 5 rings (SSSR count). The molecule has 194 valence electrons. The van der Waals surface area contributed by atoms with Gasteiger partial charge in [-0.3, -0.25) is 9.48 Å². The van der Waals surface area contributed by atoms with E-state index in [9.17, 15) is 9.90 Å². The van der Waals surface area contributed by atoms with Crippen LogP contribution in [-0.4, -0.2) is 30.2 Å². The van der Waals surface area contributed by atoms with E-state index in [1.165, 1.54) is 54.9 Å². The highest BCUT2D eigenvalue weighted by Crippen LogP contribution is 2.41. The molecule has 0 saturated carbocycles. The maximum atomic E-state index is 15.1. The van der Waals surface area contributed by atoms with Crippen molar-refractivity contribution in [2.75, 3.05) is 5.32 Å². The summed E-state index contributed by atoms with van der Waals surface area (Å²) in [5, 5.41) is 19.2. The average Bonchev–Trinajstić information content (AvgIpc) is 3.52. The fourth-order valence-electron chi connectivity index (χ4n) is 4.62. The molecule has 0 bridgehead atoms. The van der Waals surface area contributed by atoms with Gasteiger partial charge in [0.2, 0.25) is 0 Å². The number of aromatic nitrogens is 4. The van der Waals surface area contributed by atoms with Crippen LogP contribution >= 0.6 is 11.6 Å². The fourth-order valence-corrected chi connectivity index (χ4v) is 4.85. The quantitative estimate of drug-likeness (QED) is 0.285. The predicted octanol–water partition coefficient (Wildman–Crippen LogP) is 5.58. The number of rotatable bonds is 7. The molecule has 0 aliphatic rings. The molecule has 0 fully saturated rings. The number of carbonyl (C=O) groups excluding carboxylic acids is 1. The summed E-state index contributed by atoms with van der Waals surface area (Å²) in [5.41, 5.74) is -1.11. The molecule has 3 aromatic heterocycles. The number of hydrogen-bond acceptors (Lipinski definition) is 4. The van der Waals surface area contributed by atoms with Crippen LogP contribution in [-0.2, 0) is 18.6 Å². The van der Waals surface area contributed by atoms with Gasteiger partial charge >= 0.3 is 0 Å². The van der Waals surface area contributed by atoms with Crippen LogP contribution in [0.3, 0.4) is 0 Å². The number of nitrogens with zero attached hydrogens (tertiary/aromatic N) is 4. The minimum Gasteiger partial charge on any atom is -0.374 e. The first-order chi connectivity index (χ1) is 18.3. The Balaban J connectivity index is 1.70. The summed E-state index contributed by atoms with van der Waals surface area (Å²) < 4.78 is 33.6. The third kappa shape index (κ3) is 4.23. The lowest BCUT2D eigenvalue weighted by Crippen LogP contribution is -2.33. The van der Waals surface area contributed by atoms with Crippen LogP contribution in [0.25, 0.3) is 5.65 Å². The number of carbonyl (C=O) groups is 1. The Bertz CT molecular complexity index is 1620. The van der Waals surface area contributed by atoms with Crippen molar-refractivity contribution in [2.45, 2.75) is 32.4 Å². The minimum absolute atomic E-state index is 0.0352. The molecule has 5 aromatic rings. The number of nitrogens with one attached hydrogen (secondary N) is 1. The molecule has 0 radical (unpaired) electrons. The number of aliphatic hydroxyl groups is 1. The van der Waals surface area contributed by atoms with Crippen LogP contribution < -0.4 is 5.32 Å². The molecule has 2 aromatic carbocycles. The van der Waals surface area contributed by atoms with Crippen molar-refractivity contribution in [2.24, 2.45) is 0 Å². The third-order valence-corrected chi connectivity index (χ3v) is 6.79. The van der Waals surface area contributed by atoms with Gasteiger partial charge in [0.25, 0.3) is 5.91 Å². The second-order valence-electron chi connectivity index (χ2n) is 8.73. The summed E-state index contributed by atoms with van der Waals surface area (Å²) in [5.74, 6) is -1.91. The summed E-state index contributed by atoms with van der Waals surface area (Å²) in [6, 6.07) is 12.8. The third-order valence-electron chi connectivity index (χ3n) is 6.47. The number of anilines is 1. The van der Waals surface area contributed by atoms with Crippen molar-refractivity contribution in [3.05, 3.63) is 118 Å². The first-order valence-corrected chi connectivity index (χ1v) is 12.4. The molecule has 0 aliphatic carbocycles. The molecule has 3 heterocycles. The second kappa shape index (κ2) is 10.00. The first-order valence-electron chi connectivity index (χ1n) is 12.0. The van der Waals surface area contributed by atoms with Gasteiger partial charge in [-0.25, -0.2) is 13.8 Å². The molecule has 7 nitrogen and oxygen atoms in total. The van der Waals surface area contributed by atoms with Crippen LogP contribution in [0.5, 0.6) is 0 Å². The van der Waals surface area contributed by atoms with Gasteiger partial charge in [0.1, 0.15) is 23.0 Å². The number of pyridine rings is 1. The van der Waals surface area contributed by atoms with E-state index in [4.69, 9.17) is 11.6 Å². The van der Waals surface area contributed by atoms with Crippen LogP contribution in [0.1, 0.15) is 46.7 Å². The summed E-state index contributed by atoms with van der Waals surface area (Å²) in [4.78, 5) is 17.7. The Labute approximate surface area is 222 Å². The molecule has 10 heteroatoms. The van der Waals surface area contributed by atoms with Crippen molar-refractivity contribution >= 4 is 28.8 Å².